The number of carbonyl (C=O) groups is 2. The first-order valence-corrected chi connectivity index (χ1v) is 28.2. The van der Waals surface area contributed by atoms with Crippen LogP contribution < -0.4 is 5.32 Å². The number of aliphatic hydroxyl groups excluding tert-OH is 2. The first-order valence-electron chi connectivity index (χ1n) is 28.2. The van der Waals surface area contributed by atoms with Crippen molar-refractivity contribution in [1.29, 1.82) is 0 Å². The second-order valence-electron chi connectivity index (χ2n) is 19.3. The number of ether oxygens (including phenoxy) is 1. The maximum atomic E-state index is 12.4. The van der Waals surface area contributed by atoms with Crippen LogP contribution in [-0.2, 0) is 14.3 Å². The molecule has 0 aromatic heterocycles. The van der Waals surface area contributed by atoms with Gasteiger partial charge in [0.1, 0.15) is 0 Å². The maximum Gasteiger partial charge on any atom is 0.305 e. The first kappa shape index (κ1) is 62.1. The molecule has 6 heteroatoms. The Labute approximate surface area is 398 Å². The van der Waals surface area contributed by atoms with E-state index < -0.39 is 12.1 Å². The van der Waals surface area contributed by atoms with E-state index in [9.17, 15) is 19.8 Å². The van der Waals surface area contributed by atoms with Crippen molar-refractivity contribution in [3.63, 3.8) is 0 Å². The first-order chi connectivity index (χ1) is 31.5. The van der Waals surface area contributed by atoms with Crippen molar-refractivity contribution in [2.24, 2.45) is 0 Å². The average Bonchev–Trinajstić information content (AvgIpc) is 3.29. The van der Waals surface area contributed by atoms with Gasteiger partial charge in [-0.25, -0.2) is 0 Å². The fourth-order valence-electron chi connectivity index (χ4n) is 8.53. The standard InChI is InChI=1S/C58H109NO5/c1-3-5-7-9-11-13-30-34-38-42-46-50-56(61)55(54-60)59-57(62)51-47-43-39-35-32-28-26-24-22-20-18-16-15-17-19-21-23-25-27-29-33-37-41-45-49-53-64-58(63)52-48-44-40-36-31-14-12-10-8-6-4-2/h10,12,16-19,55-56,60-61H,3-9,11,13-15,20-54H2,1-2H3,(H,59,62)/b12-10-,18-16-,19-17-. The number of carbonyl (C=O) groups excluding carboxylic acids is 2. The van der Waals surface area contributed by atoms with Gasteiger partial charge in [0, 0.05) is 12.8 Å². The second kappa shape index (κ2) is 53.7. The third-order valence-electron chi connectivity index (χ3n) is 12.9. The molecule has 0 bridgehead atoms. The zero-order valence-corrected chi connectivity index (χ0v) is 42.8. The van der Waals surface area contributed by atoms with Crippen LogP contribution in [0.2, 0.25) is 0 Å². The summed E-state index contributed by atoms with van der Waals surface area (Å²) >= 11 is 0. The molecule has 3 N–H and O–H groups in total. The van der Waals surface area contributed by atoms with Crippen LogP contribution in [0.4, 0.5) is 0 Å². The molecule has 0 aromatic rings. The molecule has 1 amide bonds. The molecule has 0 aromatic carbocycles. The van der Waals surface area contributed by atoms with E-state index in [0.29, 0.717) is 25.9 Å². The minimum absolute atomic E-state index is 0.00257. The molecule has 0 rings (SSSR count). The van der Waals surface area contributed by atoms with Crippen LogP contribution in [0.3, 0.4) is 0 Å². The van der Waals surface area contributed by atoms with E-state index in [4.69, 9.17) is 4.74 Å². The van der Waals surface area contributed by atoms with E-state index in [1.54, 1.807) is 0 Å². The van der Waals surface area contributed by atoms with Gasteiger partial charge < -0.3 is 20.3 Å². The minimum atomic E-state index is -0.667. The summed E-state index contributed by atoms with van der Waals surface area (Å²) in [6, 6.07) is -0.545. The molecular formula is C58H109NO5. The average molecular weight is 901 g/mol. The molecule has 2 unspecified atom stereocenters. The third-order valence-corrected chi connectivity index (χ3v) is 12.9. The minimum Gasteiger partial charge on any atom is -0.466 e. The van der Waals surface area contributed by atoms with E-state index >= 15 is 0 Å². The zero-order chi connectivity index (χ0) is 46.5. The number of hydrogen-bond acceptors (Lipinski definition) is 5. The normalized spacial score (nSPS) is 12.9. The number of aliphatic hydroxyl groups is 2. The molecule has 2 atom stereocenters. The van der Waals surface area contributed by atoms with Crippen LogP contribution >= 0.6 is 0 Å². The number of esters is 1. The monoisotopic (exact) mass is 900 g/mol. The lowest BCUT2D eigenvalue weighted by molar-refractivity contribution is -0.143. The number of amides is 1. The van der Waals surface area contributed by atoms with Gasteiger partial charge in [0.05, 0.1) is 25.4 Å². The van der Waals surface area contributed by atoms with Crippen molar-refractivity contribution < 1.29 is 24.5 Å². The quantitative estimate of drug-likeness (QED) is 0.0321. The highest BCUT2D eigenvalue weighted by Crippen LogP contribution is 2.16. The molecular weight excluding hydrogens is 791 g/mol. The van der Waals surface area contributed by atoms with E-state index in [-0.39, 0.29) is 18.5 Å². The van der Waals surface area contributed by atoms with Crippen molar-refractivity contribution in [2.75, 3.05) is 13.2 Å². The highest BCUT2D eigenvalue weighted by molar-refractivity contribution is 5.76. The van der Waals surface area contributed by atoms with Gasteiger partial charge in [0.2, 0.25) is 5.91 Å². The maximum absolute atomic E-state index is 12.4. The van der Waals surface area contributed by atoms with Gasteiger partial charge in [-0.15, -0.1) is 0 Å². The Morgan fingerprint density at radius 1 is 0.438 bits per heavy atom. The van der Waals surface area contributed by atoms with E-state index in [1.807, 2.05) is 0 Å². The highest BCUT2D eigenvalue weighted by Gasteiger charge is 2.20. The largest absolute Gasteiger partial charge is 0.466 e. The van der Waals surface area contributed by atoms with Crippen LogP contribution in [-0.4, -0.2) is 47.4 Å². The van der Waals surface area contributed by atoms with Gasteiger partial charge in [-0.2, -0.15) is 0 Å². The molecule has 0 spiro atoms. The summed E-state index contributed by atoms with van der Waals surface area (Å²) in [6.07, 6.45) is 65.7. The van der Waals surface area contributed by atoms with Gasteiger partial charge in [0.25, 0.3) is 0 Å². The molecule has 0 aliphatic carbocycles. The Morgan fingerprint density at radius 3 is 1.25 bits per heavy atom. The van der Waals surface area contributed by atoms with Crippen molar-refractivity contribution in [3.05, 3.63) is 36.5 Å². The summed E-state index contributed by atoms with van der Waals surface area (Å²) in [5.74, 6) is -0.0449. The molecule has 0 aliphatic heterocycles. The van der Waals surface area contributed by atoms with Crippen LogP contribution in [0.25, 0.3) is 0 Å². The fourth-order valence-corrected chi connectivity index (χ4v) is 8.53. The van der Waals surface area contributed by atoms with Gasteiger partial charge in [-0.1, -0.05) is 243 Å². The number of hydrogen-bond donors (Lipinski definition) is 3. The molecule has 376 valence electrons. The lowest BCUT2D eigenvalue weighted by Gasteiger charge is -2.22. The summed E-state index contributed by atoms with van der Waals surface area (Å²) in [6.45, 7) is 4.90. The zero-order valence-electron chi connectivity index (χ0n) is 42.8. The van der Waals surface area contributed by atoms with Crippen molar-refractivity contribution in [3.8, 4) is 0 Å². The van der Waals surface area contributed by atoms with E-state index in [1.165, 1.54) is 212 Å². The van der Waals surface area contributed by atoms with Gasteiger partial charge in [-0.3, -0.25) is 9.59 Å². The Hall–Kier alpha value is -1.92. The molecule has 6 nitrogen and oxygen atoms in total. The Morgan fingerprint density at radius 2 is 0.797 bits per heavy atom. The highest BCUT2D eigenvalue weighted by atomic mass is 16.5. The molecule has 64 heavy (non-hydrogen) atoms. The Bertz CT molecular complexity index is 1040. The third kappa shape index (κ3) is 49.5. The Balaban J connectivity index is 3.43. The molecule has 0 heterocycles. The Kier molecular flexibility index (Phi) is 52.1. The lowest BCUT2D eigenvalue weighted by Crippen LogP contribution is -2.45. The number of allylic oxidation sites excluding steroid dienone is 6. The molecule has 0 fully saturated rings. The number of nitrogens with one attached hydrogen (secondary N) is 1. The molecule has 0 saturated heterocycles. The number of rotatable bonds is 52. The smallest absolute Gasteiger partial charge is 0.305 e. The van der Waals surface area contributed by atoms with Crippen LogP contribution in [0.1, 0.15) is 296 Å². The second-order valence-corrected chi connectivity index (χ2v) is 19.3. The summed E-state index contributed by atoms with van der Waals surface area (Å²) in [7, 11) is 0. The van der Waals surface area contributed by atoms with E-state index in [0.717, 1.165) is 51.4 Å². The molecule has 0 radical (unpaired) electrons. The summed E-state index contributed by atoms with van der Waals surface area (Å²) in [4.78, 5) is 24.4. The van der Waals surface area contributed by atoms with Gasteiger partial charge in [0.15, 0.2) is 0 Å². The molecule has 0 saturated carbocycles. The lowest BCUT2D eigenvalue weighted by atomic mass is 10.0. The van der Waals surface area contributed by atoms with Crippen molar-refractivity contribution >= 4 is 11.9 Å². The SMILES string of the molecule is CCCC/C=C\CCCCCCCC(=O)OCCCCCCCCCCC/C=C\C/C=C\CCCCCCCCCCCC(=O)NC(CO)C(O)CCCCCCCCCCCCC. The van der Waals surface area contributed by atoms with Gasteiger partial charge in [-0.05, 0) is 77.0 Å². The predicted octanol–water partition coefficient (Wildman–Crippen LogP) is 17.2. The van der Waals surface area contributed by atoms with Crippen molar-refractivity contribution in [2.45, 2.75) is 309 Å². The topological polar surface area (TPSA) is 95.9 Å². The van der Waals surface area contributed by atoms with Crippen LogP contribution in [0.15, 0.2) is 36.5 Å². The van der Waals surface area contributed by atoms with Gasteiger partial charge >= 0.3 is 5.97 Å². The van der Waals surface area contributed by atoms with Crippen molar-refractivity contribution in [1.82, 2.24) is 5.32 Å². The summed E-state index contributed by atoms with van der Waals surface area (Å²) in [5, 5.41) is 23.2. The van der Waals surface area contributed by atoms with Crippen LogP contribution in [0, 0.1) is 0 Å². The predicted molar refractivity (Wildman–Crippen MR) is 278 cm³/mol. The summed E-state index contributed by atoms with van der Waals surface area (Å²) < 4.78 is 5.45. The summed E-state index contributed by atoms with van der Waals surface area (Å²) in [5.41, 5.74) is 0. The molecule has 0 aliphatic rings. The van der Waals surface area contributed by atoms with Crippen LogP contribution in [0.5, 0.6) is 0 Å². The number of unbranched alkanes of at least 4 members (excludes halogenated alkanes) is 35. The fraction of sp³-hybridized carbons (Fsp3) is 0.862. The van der Waals surface area contributed by atoms with E-state index in [2.05, 4.69) is 55.6 Å².